The fourth-order valence-corrected chi connectivity index (χ4v) is 3.91. The first-order chi connectivity index (χ1) is 12.8. The normalized spacial score (nSPS) is 21.3. The molecule has 3 rings (SSSR count). The first kappa shape index (κ1) is 19.7. The summed E-state index contributed by atoms with van der Waals surface area (Å²) >= 11 is 5.32. The predicted octanol–water partition coefficient (Wildman–Crippen LogP) is 4.10. The molecule has 9 heteroatoms. The van der Waals surface area contributed by atoms with E-state index in [4.69, 9.17) is 17.0 Å². The van der Waals surface area contributed by atoms with Crippen molar-refractivity contribution in [2.45, 2.75) is 44.4 Å². The second kappa shape index (κ2) is 7.92. The summed E-state index contributed by atoms with van der Waals surface area (Å²) in [7, 11) is 0. The van der Waals surface area contributed by atoms with Gasteiger partial charge in [-0.1, -0.05) is 19.1 Å². The smallest absolute Gasteiger partial charge is 0.418 e. The van der Waals surface area contributed by atoms with E-state index in [0.29, 0.717) is 32.5 Å². The van der Waals surface area contributed by atoms with Crippen LogP contribution in [0.25, 0.3) is 0 Å². The molecule has 1 amide bonds. The van der Waals surface area contributed by atoms with Gasteiger partial charge in [0, 0.05) is 19.1 Å². The number of alkyl halides is 3. The highest BCUT2D eigenvalue weighted by Crippen LogP contribution is 2.35. The number of likely N-dealkylation sites (tertiary alicyclic amines) is 1. The van der Waals surface area contributed by atoms with Crippen LogP contribution in [-0.2, 0) is 10.9 Å². The van der Waals surface area contributed by atoms with E-state index in [2.05, 4.69) is 5.32 Å². The fourth-order valence-electron chi connectivity index (χ4n) is 3.61. The number of benzene rings is 1. The quantitative estimate of drug-likeness (QED) is 0.773. The Hall–Kier alpha value is -2.03. The lowest BCUT2D eigenvalue weighted by Crippen LogP contribution is -2.50. The van der Waals surface area contributed by atoms with Crippen molar-refractivity contribution in [2.24, 2.45) is 0 Å². The maximum atomic E-state index is 13.1. The highest BCUT2D eigenvalue weighted by molar-refractivity contribution is 7.80. The monoisotopic (exact) mass is 401 g/mol. The Morgan fingerprint density at radius 3 is 2.59 bits per heavy atom. The molecule has 148 valence electrons. The highest BCUT2D eigenvalue weighted by atomic mass is 32.1. The van der Waals surface area contributed by atoms with E-state index in [0.717, 1.165) is 12.5 Å². The molecule has 2 saturated heterocycles. The minimum Gasteiger partial charge on any atom is -0.447 e. The van der Waals surface area contributed by atoms with Crippen LogP contribution in [0.15, 0.2) is 24.3 Å². The number of piperidine rings is 1. The van der Waals surface area contributed by atoms with Crippen molar-refractivity contribution in [1.82, 2.24) is 9.80 Å². The second-order valence-electron chi connectivity index (χ2n) is 6.74. The minimum absolute atomic E-state index is 0.0497. The number of rotatable bonds is 3. The third kappa shape index (κ3) is 4.28. The van der Waals surface area contributed by atoms with Crippen LogP contribution in [0.5, 0.6) is 0 Å². The summed E-state index contributed by atoms with van der Waals surface area (Å²) in [5.74, 6) is 0. The van der Waals surface area contributed by atoms with Gasteiger partial charge in [-0.15, -0.1) is 0 Å². The molecular weight excluding hydrogens is 379 g/mol. The van der Waals surface area contributed by atoms with Gasteiger partial charge in [-0.05, 0) is 43.6 Å². The standard InChI is InChI=1S/C18H22F3N3O2S/c1-2-12-11-26-17(25)24(12)13-7-9-23(10-8-13)16(27)22-15-6-4-3-5-14(15)18(19,20)21/h3-6,12-13H,2,7-11H2,1H3,(H,22,27). The molecule has 1 N–H and O–H groups in total. The highest BCUT2D eigenvalue weighted by Gasteiger charge is 2.39. The Bertz CT molecular complexity index is 705. The van der Waals surface area contributed by atoms with Crippen molar-refractivity contribution >= 4 is 29.1 Å². The van der Waals surface area contributed by atoms with E-state index >= 15 is 0 Å². The maximum absolute atomic E-state index is 13.1. The first-order valence-electron chi connectivity index (χ1n) is 8.98. The lowest BCUT2D eigenvalue weighted by Gasteiger charge is -2.38. The third-order valence-corrected chi connectivity index (χ3v) is 5.45. The van der Waals surface area contributed by atoms with Crippen molar-refractivity contribution < 1.29 is 22.7 Å². The Morgan fingerprint density at radius 1 is 1.30 bits per heavy atom. The average Bonchev–Trinajstić information content (AvgIpc) is 3.02. The summed E-state index contributed by atoms with van der Waals surface area (Å²) in [6, 6.07) is 5.46. The Balaban J connectivity index is 1.61. The van der Waals surface area contributed by atoms with Gasteiger partial charge in [0.15, 0.2) is 5.11 Å². The number of nitrogens with one attached hydrogen (secondary N) is 1. The van der Waals surface area contributed by atoms with Crippen LogP contribution in [0.4, 0.5) is 23.7 Å². The molecule has 0 radical (unpaired) electrons. The maximum Gasteiger partial charge on any atom is 0.418 e. The summed E-state index contributed by atoms with van der Waals surface area (Å²) in [4.78, 5) is 15.6. The van der Waals surface area contributed by atoms with Crippen LogP contribution in [0.3, 0.4) is 0 Å². The van der Waals surface area contributed by atoms with Crippen LogP contribution >= 0.6 is 12.2 Å². The van der Waals surface area contributed by atoms with Gasteiger partial charge in [0.05, 0.1) is 17.3 Å². The number of carbonyl (C=O) groups is 1. The zero-order valence-electron chi connectivity index (χ0n) is 15.0. The molecule has 1 unspecified atom stereocenters. The number of nitrogens with zero attached hydrogens (tertiary/aromatic N) is 2. The molecule has 0 spiro atoms. The largest absolute Gasteiger partial charge is 0.447 e. The van der Waals surface area contributed by atoms with E-state index in [1.165, 1.54) is 18.2 Å². The number of hydrogen-bond acceptors (Lipinski definition) is 3. The molecule has 2 aliphatic rings. The Kier molecular flexibility index (Phi) is 5.78. The Morgan fingerprint density at radius 2 is 1.96 bits per heavy atom. The lowest BCUT2D eigenvalue weighted by atomic mass is 10.0. The molecule has 0 bridgehead atoms. The molecule has 0 saturated carbocycles. The summed E-state index contributed by atoms with van der Waals surface area (Å²) in [6.45, 7) is 3.59. The second-order valence-corrected chi connectivity index (χ2v) is 7.12. The van der Waals surface area contributed by atoms with Crippen molar-refractivity contribution in [3.05, 3.63) is 29.8 Å². The average molecular weight is 401 g/mol. The summed E-state index contributed by atoms with van der Waals surface area (Å²) < 4.78 is 44.5. The molecule has 0 aliphatic carbocycles. The summed E-state index contributed by atoms with van der Waals surface area (Å²) in [5, 5.41) is 3.00. The third-order valence-electron chi connectivity index (χ3n) is 5.09. The number of thiocarbonyl (C=S) groups is 1. The molecule has 0 aromatic heterocycles. The molecule has 2 aliphatic heterocycles. The number of para-hydroxylation sites is 1. The number of cyclic esters (lactones) is 1. The van der Waals surface area contributed by atoms with Crippen LogP contribution in [0, 0.1) is 0 Å². The van der Waals surface area contributed by atoms with E-state index in [1.807, 2.05) is 16.7 Å². The van der Waals surface area contributed by atoms with Crippen molar-refractivity contribution in [1.29, 1.82) is 0 Å². The fraction of sp³-hybridized carbons (Fsp3) is 0.556. The van der Waals surface area contributed by atoms with Gasteiger partial charge < -0.3 is 15.0 Å². The first-order valence-corrected chi connectivity index (χ1v) is 9.39. The van der Waals surface area contributed by atoms with Gasteiger partial charge in [0.25, 0.3) is 0 Å². The van der Waals surface area contributed by atoms with Gasteiger partial charge in [-0.2, -0.15) is 13.2 Å². The molecule has 2 fully saturated rings. The van der Waals surface area contributed by atoms with Crippen LogP contribution in [0.2, 0.25) is 0 Å². The summed E-state index contributed by atoms with van der Waals surface area (Å²) in [5.41, 5.74) is -0.792. The molecule has 27 heavy (non-hydrogen) atoms. The predicted molar refractivity (Wildman–Crippen MR) is 99.5 cm³/mol. The van der Waals surface area contributed by atoms with Crippen molar-refractivity contribution in [2.75, 3.05) is 25.0 Å². The number of amides is 1. The summed E-state index contributed by atoms with van der Waals surface area (Å²) in [6.07, 6.45) is -2.49. The number of hydrogen-bond donors (Lipinski definition) is 1. The number of halogens is 3. The van der Waals surface area contributed by atoms with E-state index < -0.39 is 11.7 Å². The lowest BCUT2D eigenvalue weighted by molar-refractivity contribution is -0.136. The number of carbonyl (C=O) groups excluding carboxylic acids is 1. The topological polar surface area (TPSA) is 44.8 Å². The van der Waals surface area contributed by atoms with Gasteiger partial charge in [0.1, 0.15) is 6.61 Å². The Labute approximate surface area is 161 Å². The number of anilines is 1. The van der Waals surface area contributed by atoms with Gasteiger partial charge in [-0.3, -0.25) is 4.90 Å². The molecule has 5 nitrogen and oxygen atoms in total. The van der Waals surface area contributed by atoms with Crippen LogP contribution in [0.1, 0.15) is 31.7 Å². The van der Waals surface area contributed by atoms with Crippen LogP contribution in [-0.4, -0.2) is 52.8 Å². The van der Waals surface area contributed by atoms with Crippen molar-refractivity contribution in [3.63, 3.8) is 0 Å². The number of ether oxygens (including phenoxy) is 1. The SMILES string of the molecule is CCC1COC(=O)N1C1CCN(C(=S)Nc2ccccc2C(F)(F)F)CC1. The van der Waals surface area contributed by atoms with Gasteiger partial charge >= 0.3 is 12.3 Å². The molecule has 1 atom stereocenters. The van der Waals surface area contributed by atoms with Crippen molar-refractivity contribution in [3.8, 4) is 0 Å². The zero-order chi connectivity index (χ0) is 19.6. The van der Waals surface area contributed by atoms with Gasteiger partial charge in [0.2, 0.25) is 0 Å². The van der Waals surface area contributed by atoms with Crippen LogP contribution < -0.4 is 5.32 Å². The minimum atomic E-state index is -4.45. The van der Waals surface area contributed by atoms with E-state index in [1.54, 1.807) is 0 Å². The van der Waals surface area contributed by atoms with Gasteiger partial charge in [-0.25, -0.2) is 4.79 Å². The van der Waals surface area contributed by atoms with E-state index in [-0.39, 0.29) is 29.0 Å². The van der Waals surface area contributed by atoms with E-state index in [9.17, 15) is 18.0 Å². The molecular formula is C18H22F3N3O2S. The molecule has 1 aromatic carbocycles. The molecule has 1 aromatic rings. The zero-order valence-corrected chi connectivity index (χ0v) is 15.8. The molecule has 2 heterocycles.